The summed E-state index contributed by atoms with van der Waals surface area (Å²) >= 11 is 0. The molecule has 0 bridgehead atoms. The van der Waals surface area contributed by atoms with E-state index in [0.717, 1.165) is 11.4 Å². The van der Waals surface area contributed by atoms with Gasteiger partial charge in [0, 0.05) is 35.9 Å². The number of aromatic nitrogens is 3. The fourth-order valence-corrected chi connectivity index (χ4v) is 4.79. The van der Waals surface area contributed by atoms with Gasteiger partial charge < -0.3 is 15.1 Å². The quantitative estimate of drug-likeness (QED) is 0.280. The Kier molecular flexibility index (Phi) is 6.14. The number of rotatable bonds is 7. The molecule has 0 saturated carbocycles. The number of hydrogen-bond donors (Lipinski definition) is 3. The van der Waals surface area contributed by atoms with Crippen LogP contribution < -0.4 is 21.1 Å². The van der Waals surface area contributed by atoms with Crippen LogP contribution >= 0.6 is 0 Å². The number of benzene rings is 3. The Labute approximate surface area is 213 Å². The van der Waals surface area contributed by atoms with Gasteiger partial charge in [0.25, 0.3) is 10.0 Å². The molecule has 0 radical (unpaired) electrons. The fraction of sp³-hybridized carbons (Fsp3) is 0.115. The van der Waals surface area contributed by atoms with Crippen molar-refractivity contribution in [2.24, 2.45) is 7.05 Å². The van der Waals surface area contributed by atoms with Gasteiger partial charge in [-0.2, -0.15) is 4.98 Å². The van der Waals surface area contributed by atoms with E-state index >= 15 is 0 Å². The van der Waals surface area contributed by atoms with Crippen LogP contribution in [0.5, 0.6) is 0 Å². The van der Waals surface area contributed by atoms with Crippen molar-refractivity contribution in [2.75, 3.05) is 15.4 Å². The van der Waals surface area contributed by atoms with Crippen LogP contribution in [0.2, 0.25) is 0 Å². The summed E-state index contributed by atoms with van der Waals surface area (Å²) in [6.45, 7) is 3.91. The predicted octanol–water partition coefficient (Wildman–Crippen LogP) is 4.83. The van der Waals surface area contributed by atoms with E-state index in [1.54, 1.807) is 24.3 Å². The van der Waals surface area contributed by atoms with Crippen molar-refractivity contribution in [3.8, 4) is 0 Å². The van der Waals surface area contributed by atoms with E-state index < -0.39 is 15.8 Å². The minimum atomic E-state index is -3.89. The molecule has 0 aliphatic heterocycles. The molecule has 37 heavy (non-hydrogen) atoms. The van der Waals surface area contributed by atoms with Gasteiger partial charge in [-0.3, -0.25) is 9.29 Å². The van der Waals surface area contributed by atoms with Crippen LogP contribution in [0.25, 0.3) is 11.1 Å². The standard InChI is InChI=1S/C26H24N6O4S/c1-16-4-6-18(7-5-16)28-24-14-17(2)27-25(30-24)29-19-8-10-20(11-9-19)31-37(34,35)21-12-13-23-22(15-21)32(3)26(33)36-23/h4-15,31H,1-3H3,(H2,27,28,29,30). The molecule has 3 N–H and O–H groups in total. The zero-order valence-electron chi connectivity index (χ0n) is 20.3. The zero-order valence-corrected chi connectivity index (χ0v) is 21.1. The number of aryl methyl sites for hydroxylation is 3. The van der Waals surface area contributed by atoms with Gasteiger partial charge in [0.2, 0.25) is 5.95 Å². The second kappa shape index (κ2) is 9.43. The average molecular weight is 517 g/mol. The molecule has 188 valence electrons. The van der Waals surface area contributed by atoms with E-state index in [1.165, 1.54) is 35.4 Å². The molecule has 2 heterocycles. The molecule has 5 rings (SSSR count). The van der Waals surface area contributed by atoms with Crippen LogP contribution in [0, 0.1) is 13.8 Å². The van der Waals surface area contributed by atoms with Gasteiger partial charge in [-0.15, -0.1) is 0 Å². The number of sulfonamides is 1. The van der Waals surface area contributed by atoms with Crippen molar-refractivity contribution in [1.82, 2.24) is 14.5 Å². The molecular formula is C26H24N6O4S. The van der Waals surface area contributed by atoms with Crippen molar-refractivity contribution in [2.45, 2.75) is 18.7 Å². The van der Waals surface area contributed by atoms with Gasteiger partial charge in [0.05, 0.1) is 10.4 Å². The Balaban J connectivity index is 1.30. The van der Waals surface area contributed by atoms with Gasteiger partial charge in [-0.1, -0.05) is 17.7 Å². The Morgan fingerprint density at radius 1 is 0.811 bits per heavy atom. The molecule has 10 nitrogen and oxygen atoms in total. The molecule has 0 amide bonds. The van der Waals surface area contributed by atoms with Crippen LogP contribution in [-0.2, 0) is 17.1 Å². The first-order chi connectivity index (χ1) is 17.7. The molecule has 11 heteroatoms. The van der Waals surface area contributed by atoms with Crippen molar-refractivity contribution < 1.29 is 12.8 Å². The predicted molar refractivity (Wildman–Crippen MR) is 143 cm³/mol. The first kappa shape index (κ1) is 24.1. The zero-order chi connectivity index (χ0) is 26.2. The summed E-state index contributed by atoms with van der Waals surface area (Å²) in [7, 11) is -2.37. The monoisotopic (exact) mass is 516 g/mol. The Morgan fingerprint density at radius 2 is 1.46 bits per heavy atom. The SMILES string of the molecule is Cc1ccc(Nc2cc(C)nc(Nc3ccc(NS(=O)(=O)c4ccc5oc(=O)n(C)c5c4)cc3)n2)cc1. The summed E-state index contributed by atoms with van der Waals surface area (Å²) in [4.78, 5) is 20.7. The number of nitrogens with one attached hydrogen (secondary N) is 3. The molecular weight excluding hydrogens is 492 g/mol. The van der Waals surface area contributed by atoms with Crippen LogP contribution in [0.3, 0.4) is 0 Å². The number of oxazole rings is 1. The Bertz CT molecular complexity index is 1760. The van der Waals surface area contributed by atoms with Crippen LogP contribution in [-0.4, -0.2) is 23.0 Å². The van der Waals surface area contributed by atoms with Crippen molar-refractivity contribution in [3.63, 3.8) is 0 Å². The van der Waals surface area contributed by atoms with Crippen molar-refractivity contribution in [3.05, 3.63) is 94.6 Å². The van der Waals surface area contributed by atoms with Gasteiger partial charge in [-0.25, -0.2) is 18.2 Å². The molecule has 0 fully saturated rings. The number of anilines is 5. The average Bonchev–Trinajstić information content (AvgIpc) is 3.14. The van der Waals surface area contributed by atoms with Crippen molar-refractivity contribution in [1.29, 1.82) is 0 Å². The fourth-order valence-electron chi connectivity index (χ4n) is 3.71. The van der Waals surface area contributed by atoms with Gasteiger partial charge in [-0.05, 0) is 68.4 Å². The lowest BCUT2D eigenvalue weighted by atomic mass is 10.2. The smallest absolute Gasteiger partial charge is 0.408 e. The highest BCUT2D eigenvalue weighted by Gasteiger charge is 2.17. The van der Waals surface area contributed by atoms with Crippen LogP contribution in [0.15, 0.2) is 86.9 Å². The molecule has 0 atom stereocenters. The second-order valence-electron chi connectivity index (χ2n) is 8.57. The summed E-state index contributed by atoms with van der Waals surface area (Å²) in [6.07, 6.45) is 0. The highest BCUT2D eigenvalue weighted by Crippen LogP contribution is 2.24. The molecule has 2 aromatic heterocycles. The first-order valence-corrected chi connectivity index (χ1v) is 12.8. The third kappa shape index (κ3) is 5.31. The summed E-state index contributed by atoms with van der Waals surface area (Å²) in [6, 6.07) is 20.8. The molecule has 3 aromatic carbocycles. The van der Waals surface area contributed by atoms with Crippen molar-refractivity contribution >= 4 is 50.0 Å². The topological polar surface area (TPSA) is 131 Å². The lowest BCUT2D eigenvalue weighted by Crippen LogP contribution is -2.13. The number of fused-ring (bicyclic) bond motifs is 1. The van der Waals surface area contributed by atoms with E-state index in [1.807, 2.05) is 44.2 Å². The lowest BCUT2D eigenvalue weighted by molar-refractivity contribution is 0.528. The van der Waals surface area contributed by atoms with Gasteiger partial charge in [0.15, 0.2) is 5.58 Å². The number of hydrogen-bond acceptors (Lipinski definition) is 8. The minimum Gasteiger partial charge on any atom is -0.408 e. The maximum absolute atomic E-state index is 12.9. The molecule has 0 aliphatic carbocycles. The third-order valence-electron chi connectivity index (χ3n) is 5.64. The Morgan fingerprint density at radius 3 is 2.19 bits per heavy atom. The first-order valence-electron chi connectivity index (χ1n) is 11.4. The summed E-state index contributed by atoms with van der Waals surface area (Å²) in [5.74, 6) is 0.494. The van der Waals surface area contributed by atoms with E-state index in [2.05, 4.69) is 25.3 Å². The summed E-state index contributed by atoms with van der Waals surface area (Å²) in [5, 5.41) is 6.42. The highest BCUT2D eigenvalue weighted by molar-refractivity contribution is 7.92. The van der Waals surface area contributed by atoms with Gasteiger partial charge >= 0.3 is 5.76 Å². The molecule has 0 saturated heterocycles. The third-order valence-corrected chi connectivity index (χ3v) is 7.02. The molecule has 5 aromatic rings. The molecule has 0 aliphatic rings. The summed E-state index contributed by atoms with van der Waals surface area (Å²) in [5.41, 5.74) is 4.63. The second-order valence-corrected chi connectivity index (χ2v) is 10.3. The van der Waals surface area contributed by atoms with Crippen LogP contribution in [0.1, 0.15) is 11.3 Å². The Hall–Kier alpha value is -4.64. The normalized spacial score (nSPS) is 11.4. The van der Waals surface area contributed by atoms with E-state index in [0.29, 0.717) is 34.2 Å². The van der Waals surface area contributed by atoms with Gasteiger partial charge in [0.1, 0.15) is 5.82 Å². The largest absolute Gasteiger partial charge is 0.419 e. The van der Waals surface area contributed by atoms with E-state index in [9.17, 15) is 13.2 Å². The van der Waals surface area contributed by atoms with E-state index in [4.69, 9.17) is 4.42 Å². The molecule has 0 unspecified atom stereocenters. The molecule has 0 spiro atoms. The maximum Gasteiger partial charge on any atom is 0.419 e. The maximum atomic E-state index is 12.9. The van der Waals surface area contributed by atoms with Crippen LogP contribution in [0.4, 0.5) is 28.8 Å². The lowest BCUT2D eigenvalue weighted by Gasteiger charge is -2.11. The summed E-state index contributed by atoms with van der Waals surface area (Å²) < 4.78 is 34.7. The van der Waals surface area contributed by atoms with E-state index in [-0.39, 0.29) is 4.90 Å². The number of nitrogens with zero attached hydrogens (tertiary/aromatic N) is 3. The highest BCUT2D eigenvalue weighted by atomic mass is 32.2. The minimum absolute atomic E-state index is 0.0142.